The molecule has 2 heterocycles. The van der Waals surface area contributed by atoms with Gasteiger partial charge >= 0.3 is 0 Å². The molecule has 0 bridgehead atoms. The van der Waals surface area contributed by atoms with Crippen LogP contribution in [0.25, 0.3) is 0 Å². The minimum Gasteiger partial charge on any atom is -0.369 e. The van der Waals surface area contributed by atoms with Crippen LogP contribution in [-0.4, -0.2) is 55.0 Å². The van der Waals surface area contributed by atoms with E-state index in [2.05, 4.69) is 15.5 Å². The molecule has 2 fully saturated rings. The van der Waals surface area contributed by atoms with E-state index in [-0.39, 0.29) is 24.4 Å². The van der Waals surface area contributed by atoms with Gasteiger partial charge in [0.05, 0.1) is 6.54 Å². The van der Waals surface area contributed by atoms with Crippen molar-refractivity contribution >= 4 is 11.8 Å². The molecular weight excluding hydrogens is 244 g/mol. The molecule has 0 spiro atoms. The Morgan fingerprint density at radius 1 is 1.21 bits per heavy atom. The lowest BCUT2D eigenvalue weighted by atomic mass is 9.99. The molecule has 0 aromatic rings. The molecule has 108 valence electrons. The van der Waals surface area contributed by atoms with Crippen LogP contribution >= 0.6 is 0 Å². The van der Waals surface area contributed by atoms with Crippen LogP contribution in [0.5, 0.6) is 0 Å². The molecule has 2 aliphatic heterocycles. The van der Waals surface area contributed by atoms with E-state index >= 15 is 0 Å². The number of rotatable bonds is 4. The summed E-state index contributed by atoms with van der Waals surface area (Å²) in [6.07, 6.45) is 4.45. The van der Waals surface area contributed by atoms with E-state index in [1.165, 1.54) is 0 Å². The number of nitrogens with two attached hydrogens (primary N) is 1. The van der Waals surface area contributed by atoms with Gasteiger partial charge in [0.2, 0.25) is 11.8 Å². The van der Waals surface area contributed by atoms with Gasteiger partial charge in [-0.15, -0.1) is 0 Å². The Morgan fingerprint density at radius 2 is 1.95 bits per heavy atom. The predicted octanol–water partition coefficient (Wildman–Crippen LogP) is -0.806. The Kier molecular flexibility index (Phi) is 5.15. The van der Waals surface area contributed by atoms with Gasteiger partial charge in [-0.1, -0.05) is 0 Å². The summed E-state index contributed by atoms with van der Waals surface area (Å²) in [6.45, 7) is 2.95. The quantitative estimate of drug-likeness (QED) is 0.622. The first-order valence-corrected chi connectivity index (χ1v) is 7.18. The highest BCUT2D eigenvalue weighted by molar-refractivity contribution is 5.78. The minimum atomic E-state index is -0.303. The number of primary amides is 1. The molecule has 6 nitrogen and oxygen atoms in total. The molecule has 1 unspecified atom stereocenters. The first-order chi connectivity index (χ1) is 9.16. The standard InChI is InChI=1S/C13H24N4O2/c14-12(18)9-17(10-3-6-15-7-4-10)11-2-1-5-16-13(19)8-11/h10-11,15H,1-9H2,(H2,14,18)(H,16,19). The fraction of sp³-hybridized carbons (Fsp3) is 0.846. The molecule has 2 rings (SSSR count). The van der Waals surface area contributed by atoms with Gasteiger partial charge in [0, 0.05) is 25.0 Å². The molecule has 19 heavy (non-hydrogen) atoms. The lowest BCUT2D eigenvalue weighted by molar-refractivity contribution is -0.124. The van der Waals surface area contributed by atoms with Gasteiger partial charge in [-0.3, -0.25) is 14.5 Å². The van der Waals surface area contributed by atoms with Crippen LogP contribution < -0.4 is 16.4 Å². The zero-order valence-corrected chi connectivity index (χ0v) is 11.4. The summed E-state index contributed by atoms with van der Waals surface area (Å²) < 4.78 is 0. The summed E-state index contributed by atoms with van der Waals surface area (Å²) in [5, 5.41) is 6.22. The number of carbonyl (C=O) groups excluding carboxylic acids is 2. The van der Waals surface area contributed by atoms with Gasteiger partial charge in [0.25, 0.3) is 0 Å². The molecule has 1 atom stereocenters. The Morgan fingerprint density at radius 3 is 2.63 bits per heavy atom. The lowest BCUT2D eigenvalue weighted by Gasteiger charge is -2.38. The second-order valence-electron chi connectivity index (χ2n) is 5.47. The van der Waals surface area contributed by atoms with E-state index in [0.717, 1.165) is 45.3 Å². The van der Waals surface area contributed by atoms with Crippen LogP contribution in [0, 0.1) is 0 Å². The van der Waals surface area contributed by atoms with Gasteiger partial charge in [-0.05, 0) is 38.8 Å². The van der Waals surface area contributed by atoms with Gasteiger partial charge < -0.3 is 16.4 Å². The van der Waals surface area contributed by atoms with Crippen molar-refractivity contribution in [3.05, 3.63) is 0 Å². The average Bonchev–Trinajstić information content (AvgIpc) is 2.61. The highest BCUT2D eigenvalue weighted by Crippen LogP contribution is 2.21. The summed E-state index contributed by atoms with van der Waals surface area (Å²) in [4.78, 5) is 25.2. The number of amides is 2. The summed E-state index contributed by atoms with van der Waals surface area (Å²) >= 11 is 0. The maximum atomic E-state index is 11.7. The number of nitrogens with one attached hydrogen (secondary N) is 2. The molecule has 0 aliphatic carbocycles. The van der Waals surface area contributed by atoms with Crippen molar-refractivity contribution in [1.29, 1.82) is 0 Å². The third-order valence-corrected chi connectivity index (χ3v) is 4.04. The van der Waals surface area contributed by atoms with Crippen LogP contribution in [0.15, 0.2) is 0 Å². The molecule has 4 N–H and O–H groups in total. The molecule has 0 aromatic heterocycles. The maximum absolute atomic E-state index is 11.7. The van der Waals surface area contributed by atoms with Gasteiger partial charge in [-0.25, -0.2) is 0 Å². The molecule has 0 aromatic carbocycles. The number of carbonyl (C=O) groups is 2. The zero-order valence-electron chi connectivity index (χ0n) is 11.4. The Balaban J connectivity index is 2.05. The second kappa shape index (κ2) is 6.86. The summed E-state index contributed by atoms with van der Waals surface area (Å²) in [5.41, 5.74) is 5.38. The van der Waals surface area contributed by atoms with Crippen molar-refractivity contribution in [1.82, 2.24) is 15.5 Å². The van der Waals surface area contributed by atoms with Gasteiger partial charge in [0.15, 0.2) is 0 Å². The third kappa shape index (κ3) is 4.18. The number of nitrogens with zero attached hydrogens (tertiary/aromatic N) is 1. The van der Waals surface area contributed by atoms with Crippen LogP contribution in [0.2, 0.25) is 0 Å². The van der Waals surface area contributed by atoms with E-state index in [4.69, 9.17) is 5.73 Å². The summed E-state index contributed by atoms with van der Waals surface area (Å²) in [5.74, 6) is -0.214. The highest BCUT2D eigenvalue weighted by Gasteiger charge is 2.30. The van der Waals surface area contributed by atoms with E-state index < -0.39 is 0 Å². The van der Waals surface area contributed by atoms with E-state index in [0.29, 0.717) is 12.5 Å². The SMILES string of the molecule is NC(=O)CN(C1CCNCC1)C1CCCNC(=O)C1. The number of piperidine rings is 1. The van der Waals surface area contributed by atoms with Crippen molar-refractivity contribution < 1.29 is 9.59 Å². The largest absolute Gasteiger partial charge is 0.369 e. The second-order valence-corrected chi connectivity index (χ2v) is 5.47. The highest BCUT2D eigenvalue weighted by atomic mass is 16.2. The fourth-order valence-corrected chi connectivity index (χ4v) is 3.11. The van der Waals surface area contributed by atoms with Gasteiger partial charge in [0.1, 0.15) is 0 Å². The molecule has 2 saturated heterocycles. The van der Waals surface area contributed by atoms with Crippen LogP contribution in [0.3, 0.4) is 0 Å². The van der Waals surface area contributed by atoms with Crippen molar-refractivity contribution in [2.45, 2.75) is 44.2 Å². The van der Waals surface area contributed by atoms with Crippen LogP contribution in [0.4, 0.5) is 0 Å². The Labute approximate surface area is 114 Å². The zero-order chi connectivity index (χ0) is 13.7. The average molecular weight is 268 g/mol. The number of hydrogen-bond donors (Lipinski definition) is 3. The van der Waals surface area contributed by atoms with Crippen molar-refractivity contribution in [2.24, 2.45) is 5.73 Å². The first kappa shape index (κ1) is 14.3. The van der Waals surface area contributed by atoms with E-state index in [1.807, 2.05) is 0 Å². The smallest absolute Gasteiger partial charge is 0.231 e. The topological polar surface area (TPSA) is 87.5 Å². The number of hydrogen-bond acceptors (Lipinski definition) is 4. The maximum Gasteiger partial charge on any atom is 0.231 e. The molecule has 0 radical (unpaired) electrons. The van der Waals surface area contributed by atoms with Crippen molar-refractivity contribution in [3.8, 4) is 0 Å². The Bertz CT molecular complexity index is 329. The third-order valence-electron chi connectivity index (χ3n) is 4.04. The molecular formula is C13H24N4O2. The minimum absolute atomic E-state index is 0.0888. The van der Waals surface area contributed by atoms with Crippen LogP contribution in [0.1, 0.15) is 32.1 Å². The van der Waals surface area contributed by atoms with Crippen molar-refractivity contribution in [2.75, 3.05) is 26.2 Å². The summed E-state index contributed by atoms with van der Waals surface area (Å²) in [6, 6.07) is 0.516. The van der Waals surface area contributed by atoms with Gasteiger partial charge in [-0.2, -0.15) is 0 Å². The summed E-state index contributed by atoms with van der Waals surface area (Å²) in [7, 11) is 0. The molecule has 2 aliphatic rings. The Hall–Kier alpha value is -1.14. The normalized spacial score (nSPS) is 25.9. The first-order valence-electron chi connectivity index (χ1n) is 7.18. The molecule has 2 amide bonds. The molecule has 6 heteroatoms. The predicted molar refractivity (Wildman–Crippen MR) is 72.4 cm³/mol. The lowest BCUT2D eigenvalue weighted by Crippen LogP contribution is -2.51. The van der Waals surface area contributed by atoms with E-state index in [1.54, 1.807) is 0 Å². The monoisotopic (exact) mass is 268 g/mol. The van der Waals surface area contributed by atoms with Crippen molar-refractivity contribution in [3.63, 3.8) is 0 Å². The van der Waals surface area contributed by atoms with E-state index in [9.17, 15) is 9.59 Å². The molecule has 0 saturated carbocycles. The van der Waals surface area contributed by atoms with Crippen LogP contribution in [-0.2, 0) is 9.59 Å². The fourth-order valence-electron chi connectivity index (χ4n) is 3.11.